The number of tetrazole rings is 1. The number of nitrogens with zero attached hydrogens (tertiary/aromatic N) is 4. The van der Waals surface area contributed by atoms with Crippen molar-refractivity contribution < 1.29 is 4.79 Å². The van der Waals surface area contributed by atoms with Gasteiger partial charge in [-0.2, -0.15) is 4.68 Å². The molecule has 25 heavy (non-hydrogen) atoms. The Morgan fingerprint density at radius 1 is 1.24 bits per heavy atom. The van der Waals surface area contributed by atoms with E-state index < -0.39 is 5.54 Å². The summed E-state index contributed by atoms with van der Waals surface area (Å²) in [5.41, 5.74) is 2.79. The van der Waals surface area contributed by atoms with Gasteiger partial charge in [-0.3, -0.25) is 4.79 Å². The summed E-state index contributed by atoms with van der Waals surface area (Å²) < 4.78 is 1.80. The van der Waals surface area contributed by atoms with Gasteiger partial charge in [0.15, 0.2) is 5.82 Å². The fraction of sp³-hybridized carbons (Fsp3) is 0.579. The van der Waals surface area contributed by atoms with Crippen LogP contribution in [0.4, 0.5) is 0 Å². The SMILES string of the molecule is CCC(=O)NC1(c2nnnn2-c2cc(C)cc(C)c2)CCC(C)CC1. The molecule has 1 aromatic heterocycles. The summed E-state index contributed by atoms with van der Waals surface area (Å²) in [6, 6.07) is 6.28. The lowest BCUT2D eigenvalue weighted by Gasteiger charge is -2.38. The Hall–Kier alpha value is -2.24. The molecule has 1 aromatic carbocycles. The number of carbonyl (C=O) groups is 1. The lowest BCUT2D eigenvalue weighted by Crippen LogP contribution is -2.49. The van der Waals surface area contributed by atoms with Gasteiger partial charge in [0.2, 0.25) is 5.91 Å². The smallest absolute Gasteiger partial charge is 0.220 e. The average Bonchev–Trinajstić information content (AvgIpc) is 3.06. The zero-order valence-corrected chi connectivity index (χ0v) is 15.5. The quantitative estimate of drug-likeness (QED) is 0.927. The third-order valence-corrected chi connectivity index (χ3v) is 5.18. The first-order chi connectivity index (χ1) is 11.9. The monoisotopic (exact) mass is 341 g/mol. The molecule has 1 heterocycles. The van der Waals surface area contributed by atoms with Crippen LogP contribution < -0.4 is 5.32 Å². The molecule has 6 nitrogen and oxygen atoms in total. The molecule has 0 atom stereocenters. The van der Waals surface area contributed by atoms with Gasteiger partial charge in [-0.05, 0) is 79.1 Å². The van der Waals surface area contributed by atoms with Gasteiger partial charge < -0.3 is 5.32 Å². The first-order valence-electron chi connectivity index (χ1n) is 9.12. The van der Waals surface area contributed by atoms with Crippen LogP contribution in [0.15, 0.2) is 18.2 Å². The number of benzene rings is 1. The molecule has 1 aliphatic rings. The molecule has 0 aliphatic heterocycles. The highest BCUT2D eigenvalue weighted by molar-refractivity contribution is 5.76. The van der Waals surface area contributed by atoms with E-state index in [1.807, 2.05) is 6.92 Å². The third kappa shape index (κ3) is 3.57. The Bertz CT molecular complexity index is 739. The summed E-state index contributed by atoms with van der Waals surface area (Å²) >= 11 is 0. The first-order valence-corrected chi connectivity index (χ1v) is 9.12. The average molecular weight is 341 g/mol. The number of carbonyl (C=O) groups excluding carboxylic acids is 1. The Kier molecular flexibility index (Phi) is 4.88. The summed E-state index contributed by atoms with van der Waals surface area (Å²) in [5, 5.41) is 15.8. The molecule has 1 fully saturated rings. The van der Waals surface area contributed by atoms with Crippen LogP contribution in [0.5, 0.6) is 0 Å². The Morgan fingerprint density at radius 3 is 2.48 bits per heavy atom. The second kappa shape index (κ2) is 6.94. The fourth-order valence-electron chi connectivity index (χ4n) is 3.75. The zero-order valence-electron chi connectivity index (χ0n) is 15.5. The van der Waals surface area contributed by atoms with Crippen LogP contribution in [0, 0.1) is 19.8 Å². The molecule has 6 heteroatoms. The maximum absolute atomic E-state index is 12.2. The van der Waals surface area contributed by atoms with Crippen molar-refractivity contribution in [1.29, 1.82) is 0 Å². The van der Waals surface area contributed by atoms with Crippen molar-refractivity contribution in [1.82, 2.24) is 25.5 Å². The van der Waals surface area contributed by atoms with Crippen molar-refractivity contribution in [2.45, 2.75) is 65.3 Å². The molecule has 0 bridgehead atoms. The molecule has 0 radical (unpaired) electrons. The number of aromatic nitrogens is 4. The molecule has 2 aromatic rings. The number of aryl methyl sites for hydroxylation is 2. The van der Waals surface area contributed by atoms with E-state index in [9.17, 15) is 4.79 Å². The van der Waals surface area contributed by atoms with Crippen LogP contribution in [0.3, 0.4) is 0 Å². The molecule has 0 saturated heterocycles. The second-order valence-electron chi connectivity index (χ2n) is 7.43. The molecular formula is C19H27N5O. The van der Waals surface area contributed by atoms with Gasteiger partial charge in [-0.15, -0.1) is 5.10 Å². The van der Waals surface area contributed by atoms with Crippen molar-refractivity contribution in [3.63, 3.8) is 0 Å². The molecule has 0 unspecified atom stereocenters. The lowest BCUT2D eigenvalue weighted by atomic mass is 9.76. The van der Waals surface area contributed by atoms with Crippen LogP contribution in [0.2, 0.25) is 0 Å². The van der Waals surface area contributed by atoms with Gasteiger partial charge >= 0.3 is 0 Å². The highest BCUT2D eigenvalue weighted by Gasteiger charge is 2.41. The topological polar surface area (TPSA) is 72.7 Å². The van der Waals surface area contributed by atoms with Crippen LogP contribution >= 0.6 is 0 Å². The van der Waals surface area contributed by atoms with E-state index in [1.54, 1.807) is 4.68 Å². The summed E-state index contributed by atoms with van der Waals surface area (Å²) in [4.78, 5) is 12.2. The number of rotatable bonds is 4. The predicted molar refractivity (Wildman–Crippen MR) is 96.4 cm³/mol. The number of hydrogen-bond acceptors (Lipinski definition) is 4. The minimum Gasteiger partial charge on any atom is -0.343 e. The molecule has 3 rings (SSSR count). The van der Waals surface area contributed by atoms with E-state index in [-0.39, 0.29) is 5.91 Å². The molecular weight excluding hydrogens is 314 g/mol. The van der Waals surface area contributed by atoms with Crippen LogP contribution in [-0.2, 0) is 10.3 Å². The number of nitrogens with one attached hydrogen (secondary N) is 1. The van der Waals surface area contributed by atoms with Gasteiger partial charge in [-0.1, -0.05) is 19.9 Å². The molecule has 0 spiro atoms. The van der Waals surface area contributed by atoms with E-state index in [0.717, 1.165) is 37.2 Å². The standard InChI is InChI=1S/C19H27N5O/c1-5-17(25)20-19(8-6-13(2)7-9-19)18-21-22-23-24(18)16-11-14(3)10-15(4)12-16/h10-13H,5-9H2,1-4H3,(H,20,25). The highest BCUT2D eigenvalue weighted by atomic mass is 16.1. The van der Waals surface area contributed by atoms with E-state index in [1.165, 1.54) is 11.1 Å². The van der Waals surface area contributed by atoms with Crippen molar-refractivity contribution in [2.24, 2.45) is 5.92 Å². The molecule has 1 N–H and O–H groups in total. The van der Waals surface area contributed by atoms with Crippen molar-refractivity contribution in [2.75, 3.05) is 0 Å². The minimum atomic E-state index is -0.485. The van der Waals surface area contributed by atoms with E-state index in [4.69, 9.17) is 0 Å². The summed E-state index contributed by atoms with van der Waals surface area (Å²) in [5.74, 6) is 1.45. The van der Waals surface area contributed by atoms with Gasteiger partial charge in [0.25, 0.3) is 0 Å². The zero-order chi connectivity index (χ0) is 18.0. The largest absolute Gasteiger partial charge is 0.343 e. The normalized spacial score (nSPS) is 23.4. The Balaban J connectivity index is 2.05. The van der Waals surface area contributed by atoms with E-state index >= 15 is 0 Å². The predicted octanol–water partition coefficient (Wildman–Crippen LogP) is 3.21. The van der Waals surface area contributed by atoms with Gasteiger partial charge in [0, 0.05) is 6.42 Å². The van der Waals surface area contributed by atoms with Crippen LogP contribution in [-0.4, -0.2) is 26.1 Å². The third-order valence-electron chi connectivity index (χ3n) is 5.18. The fourth-order valence-corrected chi connectivity index (χ4v) is 3.75. The van der Waals surface area contributed by atoms with Gasteiger partial charge in [0.1, 0.15) is 5.54 Å². The number of hydrogen-bond donors (Lipinski definition) is 1. The summed E-state index contributed by atoms with van der Waals surface area (Å²) in [7, 11) is 0. The second-order valence-corrected chi connectivity index (χ2v) is 7.43. The van der Waals surface area contributed by atoms with Crippen molar-refractivity contribution in [3.8, 4) is 5.69 Å². The molecule has 1 amide bonds. The number of amides is 1. The Morgan fingerprint density at radius 2 is 1.88 bits per heavy atom. The molecule has 1 aliphatic carbocycles. The van der Waals surface area contributed by atoms with Gasteiger partial charge in [-0.25, -0.2) is 0 Å². The van der Waals surface area contributed by atoms with Crippen molar-refractivity contribution >= 4 is 5.91 Å². The Labute approximate surface area is 149 Å². The minimum absolute atomic E-state index is 0.0459. The first kappa shape index (κ1) is 17.6. The van der Waals surface area contributed by atoms with Crippen LogP contribution in [0.25, 0.3) is 5.69 Å². The van der Waals surface area contributed by atoms with E-state index in [2.05, 4.69) is 59.8 Å². The lowest BCUT2D eigenvalue weighted by molar-refractivity contribution is -0.123. The van der Waals surface area contributed by atoms with Crippen LogP contribution in [0.1, 0.15) is 62.9 Å². The maximum atomic E-state index is 12.2. The summed E-state index contributed by atoms with van der Waals surface area (Å²) in [6.45, 7) is 8.27. The van der Waals surface area contributed by atoms with E-state index in [0.29, 0.717) is 12.3 Å². The summed E-state index contributed by atoms with van der Waals surface area (Å²) in [6.07, 6.45) is 4.31. The maximum Gasteiger partial charge on any atom is 0.220 e. The highest BCUT2D eigenvalue weighted by Crippen LogP contribution is 2.39. The molecule has 134 valence electrons. The van der Waals surface area contributed by atoms with Crippen molar-refractivity contribution in [3.05, 3.63) is 35.2 Å². The van der Waals surface area contributed by atoms with Gasteiger partial charge in [0.05, 0.1) is 5.69 Å². The molecule has 1 saturated carbocycles.